The molecule has 1 saturated carbocycles. The average Bonchev–Trinajstić information content (AvgIpc) is 3.20. The van der Waals surface area contributed by atoms with E-state index in [9.17, 15) is 4.79 Å². The highest BCUT2D eigenvalue weighted by Crippen LogP contribution is 2.39. The van der Waals surface area contributed by atoms with Crippen molar-refractivity contribution < 1.29 is 14.4 Å². The molecule has 0 radical (unpaired) electrons. The summed E-state index contributed by atoms with van der Waals surface area (Å²) in [5.41, 5.74) is 1.47. The van der Waals surface area contributed by atoms with E-state index in [-0.39, 0.29) is 18.6 Å². The Morgan fingerprint density at radius 3 is 3.00 bits per heavy atom. The Labute approximate surface area is 146 Å². The molecule has 2 aliphatic rings. The summed E-state index contributed by atoms with van der Waals surface area (Å²) in [6.07, 6.45) is 5.87. The van der Waals surface area contributed by atoms with E-state index in [1.165, 1.54) is 0 Å². The Morgan fingerprint density at radius 1 is 1.32 bits per heavy atom. The first kappa shape index (κ1) is 16.3. The standard InChI is InChI=1S/C19H23N3O3/c23-11-3-7-16-6-2-10-22(16)19(24)15-5-1-4-14(12-15)17-20-18(25-21-17)13-8-9-13/h1,4-5,12-13,16,23H,2-3,6-11H2. The largest absolute Gasteiger partial charge is 0.396 e. The number of aliphatic hydroxyl groups is 1. The highest BCUT2D eigenvalue weighted by atomic mass is 16.5. The molecule has 1 saturated heterocycles. The van der Waals surface area contributed by atoms with Crippen molar-refractivity contribution in [3.8, 4) is 11.4 Å². The van der Waals surface area contributed by atoms with Crippen LogP contribution in [0.15, 0.2) is 28.8 Å². The summed E-state index contributed by atoms with van der Waals surface area (Å²) in [5.74, 6) is 1.72. The van der Waals surface area contributed by atoms with Crippen LogP contribution in [0.25, 0.3) is 11.4 Å². The summed E-state index contributed by atoms with van der Waals surface area (Å²) in [5, 5.41) is 13.1. The molecule has 0 spiro atoms. The minimum Gasteiger partial charge on any atom is -0.396 e. The van der Waals surface area contributed by atoms with Gasteiger partial charge in [-0.1, -0.05) is 17.3 Å². The lowest BCUT2D eigenvalue weighted by molar-refractivity contribution is 0.0724. The van der Waals surface area contributed by atoms with Crippen molar-refractivity contribution in [2.24, 2.45) is 0 Å². The van der Waals surface area contributed by atoms with Gasteiger partial charge < -0.3 is 14.5 Å². The fourth-order valence-corrected chi connectivity index (χ4v) is 3.54. The predicted molar refractivity (Wildman–Crippen MR) is 92.1 cm³/mol. The molecule has 2 aromatic rings. The predicted octanol–water partition coefficient (Wildman–Crippen LogP) is 2.99. The van der Waals surface area contributed by atoms with Crippen LogP contribution in [-0.4, -0.2) is 45.2 Å². The van der Waals surface area contributed by atoms with Gasteiger partial charge in [0.25, 0.3) is 5.91 Å². The quantitative estimate of drug-likeness (QED) is 0.874. The van der Waals surface area contributed by atoms with Crippen LogP contribution in [0.4, 0.5) is 0 Å². The van der Waals surface area contributed by atoms with Crippen LogP contribution < -0.4 is 0 Å². The molecule has 1 amide bonds. The van der Waals surface area contributed by atoms with Crippen LogP contribution in [0.3, 0.4) is 0 Å². The summed E-state index contributed by atoms with van der Waals surface area (Å²) in [7, 11) is 0. The molecule has 1 aromatic heterocycles. The molecule has 4 rings (SSSR count). The summed E-state index contributed by atoms with van der Waals surface area (Å²) >= 11 is 0. The number of hydrogen-bond donors (Lipinski definition) is 1. The zero-order valence-electron chi connectivity index (χ0n) is 14.2. The van der Waals surface area contributed by atoms with E-state index in [2.05, 4.69) is 10.1 Å². The zero-order chi connectivity index (χ0) is 17.2. The molecule has 132 valence electrons. The number of nitrogens with zero attached hydrogens (tertiary/aromatic N) is 3. The maximum absolute atomic E-state index is 12.9. The van der Waals surface area contributed by atoms with Crippen LogP contribution >= 0.6 is 0 Å². The van der Waals surface area contributed by atoms with Gasteiger partial charge >= 0.3 is 0 Å². The molecule has 1 aromatic carbocycles. The van der Waals surface area contributed by atoms with Crippen molar-refractivity contribution in [2.75, 3.05) is 13.2 Å². The molecule has 1 N–H and O–H groups in total. The third kappa shape index (κ3) is 3.44. The molecule has 1 atom stereocenters. The van der Waals surface area contributed by atoms with Gasteiger partial charge in [-0.3, -0.25) is 4.79 Å². The van der Waals surface area contributed by atoms with Gasteiger partial charge in [-0.15, -0.1) is 0 Å². The van der Waals surface area contributed by atoms with E-state index in [1.54, 1.807) is 0 Å². The van der Waals surface area contributed by atoms with Crippen LogP contribution in [-0.2, 0) is 0 Å². The fourth-order valence-electron chi connectivity index (χ4n) is 3.54. The molecule has 2 heterocycles. The number of benzene rings is 1. The summed E-state index contributed by atoms with van der Waals surface area (Å²) < 4.78 is 5.32. The van der Waals surface area contributed by atoms with Crippen LogP contribution in [0.2, 0.25) is 0 Å². The maximum atomic E-state index is 12.9. The van der Waals surface area contributed by atoms with Crippen molar-refractivity contribution in [1.29, 1.82) is 0 Å². The lowest BCUT2D eigenvalue weighted by atomic mass is 10.1. The highest BCUT2D eigenvalue weighted by molar-refractivity contribution is 5.95. The molecule has 1 unspecified atom stereocenters. The minimum absolute atomic E-state index is 0.0493. The van der Waals surface area contributed by atoms with E-state index in [0.717, 1.165) is 50.6 Å². The number of aliphatic hydroxyl groups excluding tert-OH is 1. The highest BCUT2D eigenvalue weighted by Gasteiger charge is 2.31. The Hall–Kier alpha value is -2.21. The Kier molecular flexibility index (Phi) is 4.53. The van der Waals surface area contributed by atoms with Crippen molar-refractivity contribution in [3.05, 3.63) is 35.7 Å². The van der Waals surface area contributed by atoms with Crippen LogP contribution in [0, 0.1) is 0 Å². The monoisotopic (exact) mass is 341 g/mol. The molecule has 0 bridgehead atoms. The second kappa shape index (κ2) is 6.96. The normalized spacial score (nSPS) is 20.2. The van der Waals surface area contributed by atoms with E-state index >= 15 is 0 Å². The molecular formula is C19H23N3O3. The number of likely N-dealkylation sites (tertiary alicyclic amines) is 1. The zero-order valence-corrected chi connectivity index (χ0v) is 14.2. The number of rotatable bonds is 6. The lowest BCUT2D eigenvalue weighted by Crippen LogP contribution is -2.35. The molecule has 2 fully saturated rings. The molecule has 6 nitrogen and oxygen atoms in total. The Morgan fingerprint density at radius 2 is 2.20 bits per heavy atom. The topological polar surface area (TPSA) is 79.5 Å². The van der Waals surface area contributed by atoms with Gasteiger partial charge in [0.1, 0.15) is 0 Å². The molecule has 1 aliphatic heterocycles. The molecule has 6 heteroatoms. The van der Waals surface area contributed by atoms with Crippen molar-refractivity contribution >= 4 is 5.91 Å². The first-order chi connectivity index (χ1) is 12.3. The number of carbonyl (C=O) groups excluding carboxylic acids is 1. The van der Waals surface area contributed by atoms with E-state index in [4.69, 9.17) is 9.63 Å². The SMILES string of the molecule is O=C(c1cccc(-c2noc(C3CC3)n2)c1)N1CCCC1CCCO. The number of amides is 1. The first-order valence-electron chi connectivity index (χ1n) is 9.12. The van der Waals surface area contributed by atoms with Crippen molar-refractivity contribution in [3.63, 3.8) is 0 Å². The van der Waals surface area contributed by atoms with Crippen LogP contribution in [0.5, 0.6) is 0 Å². The van der Waals surface area contributed by atoms with E-state index < -0.39 is 0 Å². The van der Waals surface area contributed by atoms with Gasteiger partial charge in [0.2, 0.25) is 11.7 Å². The first-order valence-corrected chi connectivity index (χ1v) is 9.12. The molecule has 25 heavy (non-hydrogen) atoms. The van der Waals surface area contributed by atoms with Crippen LogP contribution in [0.1, 0.15) is 60.7 Å². The average molecular weight is 341 g/mol. The van der Waals surface area contributed by atoms with Gasteiger partial charge in [0, 0.05) is 36.2 Å². The summed E-state index contributed by atoms with van der Waals surface area (Å²) in [6, 6.07) is 7.70. The molecular weight excluding hydrogens is 318 g/mol. The van der Waals surface area contributed by atoms with Gasteiger partial charge in [-0.05, 0) is 50.7 Å². The summed E-state index contributed by atoms with van der Waals surface area (Å²) in [4.78, 5) is 19.3. The minimum atomic E-state index is 0.0493. The third-order valence-electron chi connectivity index (χ3n) is 5.07. The number of carbonyl (C=O) groups is 1. The fraction of sp³-hybridized carbons (Fsp3) is 0.526. The maximum Gasteiger partial charge on any atom is 0.254 e. The van der Waals surface area contributed by atoms with Gasteiger partial charge in [-0.25, -0.2) is 0 Å². The van der Waals surface area contributed by atoms with E-state index in [1.807, 2.05) is 29.2 Å². The van der Waals surface area contributed by atoms with Crippen molar-refractivity contribution in [2.45, 2.75) is 50.5 Å². The van der Waals surface area contributed by atoms with Gasteiger partial charge in [-0.2, -0.15) is 4.98 Å². The number of aromatic nitrogens is 2. The van der Waals surface area contributed by atoms with E-state index in [0.29, 0.717) is 23.2 Å². The molecule has 1 aliphatic carbocycles. The lowest BCUT2D eigenvalue weighted by Gasteiger charge is -2.24. The smallest absolute Gasteiger partial charge is 0.254 e. The second-order valence-electron chi connectivity index (χ2n) is 6.97. The number of hydrogen-bond acceptors (Lipinski definition) is 5. The Bertz CT molecular complexity index is 754. The Balaban J connectivity index is 1.52. The van der Waals surface area contributed by atoms with Gasteiger partial charge in [0.05, 0.1) is 0 Å². The van der Waals surface area contributed by atoms with Gasteiger partial charge in [0.15, 0.2) is 0 Å². The van der Waals surface area contributed by atoms with Crippen molar-refractivity contribution in [1.82, 2.24) is 15.0 Å². The summed E-state index contributed by atoms with van der Waals surface area (Å²) in [6.45, 7) is 0.961. The third-order valence-corrected chi connectivity index (χ3v) is 5.07. The second-order valence-corrected chi connectivity index (χ2v) is 6.97.